The van der Waals surface area contributed by atoms with Gasteiger partial charge >= 0.3 is 0 Å². The van der Waals surface area contributed by atoms with Crippen molar-refractivity contribution < 1.29 is 9.18 Å². The van der Waals surface area contributed by atoms with Crippen LogP contribution >= 0.6 is 0 Å². The second kappa shape index (κ2) is 6.08. The van der Waals surface area contributed by atoms with Crippen molar-refractivity contribution in [1.82, 2.24) is 5.32 Å². The number of rotatable bonds is 4. The summed E-state index contributed by atoms with van der Waals surface area (Å²) in [7, 11) is 0. The molecule has 1 amide bonds. The van der Waals surface area contributed by atoms with E-state index < -0.39 is 0 Å². The number of carbonyl (C=O) groups excluding carboxylic acids is 1. The molecule has 108 valence electrons. The summed E-state index contributed by atoms with van der Waals surface area (Å²) in [5.74, 6) is -0.293. The van der Waals surface area contributed by atoms with Gasteiger partial charge in [0.05, 0.1) is 0 Å². The van der Waals surface area contributed by atoms with Gasteiger partial charge in [0.25, 0.3) is 5.91 Å². The molecule has 0 heterocycles. The molecule has 2 nitrogen and oxygen atoms in total. The van der Waals surface area contributed by atoms with Crippen LogP contribution in [-0.2, 0) is 19.3 Å². The Morgan fingerprint density at radius 3 is 2.81 bits per heavy atom. The van der Waals surface area contributed by atoms with Gasteiger partial charge in [-0.1, -0.05) is 18.2 Å². The third-order valence-electron chi connectivity index (χ3n) is 3.95. The first kappa shape index (κ1) is 13.8. The van der Waals surface area contributed by atoms with E-state index in [0.29, 0.717) is 13.0 Å². The molecule has 2 aromatic rings. The molecule has 0 spiro atoms. The average Bonchev–Trinajstić information content (AvgIpc) is 2.94. The van der Waals surface area contributed by atoms with Gasteiger partial charge in [0.2, 0.25) is 0 Å². The van der Waals surface area contributed by atoms with Crippen molar-refractivity contribution in [2.75, 3.05) is 6.54 Å². The first-order valence-electron chi connectivity index (χ1n) is 7.37. The van der Waals surface area contributed by atoms with Crippen LogP contribution in [0, 0.1) is 5.82 Å². The number of amides is 1. The zero-order chi connectivity index (χ0) is 14.7. The van der Waals surface area contributed by atoms with Crippen LogP contribution in [0.2, 0.25) is 0 Å². The zero-order valence-electron chi connectivity index (χ0n) is 11.9. The van der Waals surface area contributed by atoms with Gasteiger partial charge in [0.1, 0.15) is 5.82 Å². The molecule has 0 saturated carbocycles. The molecule has 3 rings (SSSR count). The van der Waals surface area contributed by atoms with Crippen LogP contribution in [-0.4, -0.2) is 12.5 Å². The van der Waals surface area contributed by atoms with E-state index in [9.17, 15) is 9.18 Å². The maximum atomic E-state index is 13.1. The first-order valence-corrected chi connectivity index (χ1v) is 7.37. The van der Waals surface area contributed by atoms with Crippen LogP contribution in [0.15, 0.2) is 42.5 Å². The molecular formula is C18H18FNO. The number of carbonyl (C=O) groups is 1. The molecule has 1 N–H and O–H groups in total. The predicted molar refractivity (Wildman–Crippen MR) is 80.9 cm³/mol. The van der Waals surface area contributed by atoms with Crippen LogP contribution in [0.5, 0.6) is 0 Å². The fraction of sp³-hybridized carbons (Fsp3) is 0.278. The van der Waals surface area contributed by atoms with Gasteiger partial charge in [-0.25, -0.2) is 4.39 Å². The standard InChI is InChI=1S/C18H18FNO/c19-17-6-1-3-13(11-17)9-10-20-18(21)16-8-7-14-4-2-5-15(14)12-16/h1,3,6-8,11-12H,2,4-5,9-10H2,(H,20,21). The highest BCUT2D eigenvalue weighted by Gasteiger charge is 2.13. The molecule has 0 atom stereocenters. The number of hydrogen-bond donors (Lipinski definition) is 1. The van der Waals surface area contributed by atoms with Gasteiger partial charge in [0, 0.05) is 12.1 Å². The van der Waals surface area contributed by atoms with Gasteiger partial charge < -0.3 is 5.32 Å². The fourth-order valence-electron chi connectivity index (χ4n) is 2.83. The summed E-state index contributed by atoms with van der Waals surface area (Å²) in [5.41, 5.74) is 4.28. The Morgan fingerprint density at radius 1 is 1.10 bits per heavy atom. The van der Waals surface area contributed by atoms with Crippen molar-refractivity contribution in [3.63, 3.8) is 0 Å². The summed E-state index contributed by atoms with van der Waals surface area (Å²) in [5, 5.41) is 2.90. The van der Waals surface area contributed by atoms with Crippen LogP contribution in [0.25, 0.3) is 0 Å². The van der Waals surface area contributed by atoms with Crippen molar-refractivity contribution in [2.45, 2.75) is 25.7 Å². The van der Waals surface area contributed by atoms with Gasteiger partial charge in [-0.2, -0.15) is 0 Å². The molecule has 0 fully saturated rings. The Kier molecular flexibility index (Phi) is 4.00. The molecule has 3 heteroatoms. The third kappa shape index (κ3) is 3.30. The lowest BCUT2D eigenvalue weighted by Crippen LogP contribution is -2.25. The van der Waals surface area contributed by atoms with E-state index in [2.05, 4.69) is 11.4 Å². The topological polar surface area (TPSA) is 29.1 Å². The summed E-state index contributed by atoms with van der Waals surface area (Å²) in [6.07, 6.45) is 4.00. The minimum absolute atomic E-state index is 0.0545. The van der Waals surface area contributed by atoms with E-state index in [1.54, 1.807) is 6.07 Å². The number of nitrogens with one attached hydrogen (secondary N) is 1. The SMILES string of the molecule is O=C(NCCc1cccc(F)c1)c1ccc2c(c1)CCC2. The van der Waals surface area contributed by atoms with Crippen molar-refractivity contribution in [2.24, 2.45) is 0 Å². The highest BCUT2D eigenvalue weighted by atomic mass is 19.1. The number of aryl methyl sites for hydroxylation is 2. The van der Waals surface area contributed by atoms with Gasteiger partial charge in [-0.15, -0.1) is 0 Å². The molecule has 0 aliphatic heterocycles. The van der Waals surface area contributed by atoms with Crippen molar-refractivity contribution in [1.29, 1.82) is 0 Å². The number of fused-ring (bicyclic) bond motifs is 1. The summed E-state index contributed by atoms with van der Waals surface area (Å²) >= 11 is 0. The van der Waals surface area contributed by atoms with Crippen LogP contribution in [0.4, 0.5) is 4.39 Å². The third-order valence-corrected chi connectivity index (χ3v) is 3.95. The summed E-state index contributed by atoms with van der Waals surface area (Å²) in [6.45, 7) is 0.513. The lowest BCUT2D eigenvalue weighted by Gasteiger charge is -2.07. The zero-order valence-corrected chi connectivity index (χ0v) is 11.9. The number of halogens is 1. The molecule has 0 radical (unpaired) electrons. The number of benzene rings is 2. The summed E-state index contributed by atoms with van der Waals surface area (Å²) in [6, 6.07) is 12.4. The fourth-order valence-corrected chi connectivity index (χ4v) is 2.83. The normalized spacial score (nSPS) is 13.0. The monoisotopic (exact) mass is 283 g/mol. The van der Waals surface area contributed by atoms with Crippen molar-refractivity contribution >= 4 is 5.91 Å². The molecule has 1 aliphatic rings. The first-order chi connectivity index (χ1) is 10.2. The predicted octanol–water partition coefficient (Wildman–Crippen LogP) is 3.29. The molecule has 0 aromatic heterocycles. The minimum atomic E-state index is -0.238. The maximum Gasteiger partial charge on any atom is 0.251 e. The lowest BCUT2D eigenvalue weighted by molar-refractivity contribution is 0.0954. The Balaban J connectivity index is 1.57. The van der Waals surface area contributed by atoms with Crippen LogP contribution in [0.3, 0.4) is 0 Å². The quantitative estimate of drug-likeness (QED) is 0.916. The summed E-state index contributed by atoms with van der Waals surface area (Å²) < 4.78 is 13.1. The molecular weight excluding hydrogens is 265 g/mol. The molecule has 0 bridgehead atoms. The second-order valence-electron chi connectivity index (χ2n) is 5.47. The molecule has 21 heavy (non-hydrogen) atoms. The minimum Gasteiger partial charge on any atom is -0.352 e. The lowest BCUT2D eigenvalue weighted by atomic mass is 10.1. The van der Waals surface area contributed by atoms with Gasteiger partial charge in [0.15, 0.2) is 0 Å². The Hall–Kier alpha value is -2.16. The van der Waals surface area contributed by atoms with Crippen molar-refractivity contribution in [3.05, 3.63) is 70.5 Å². The highest BCUT2D eigenvalue weighted by molar-refractivity contribution is 5.94. The van der Waals surface area contributed by atoms with E-state index in [4.69, 9.17) is 0 Å². The smallest absolute Gasteiger partial charge is 0.251 e. The Labute approximate surface area is 124 Å². The molecule has 2 aromatic carbocycles. The van der Waals surface area contributed by atoms with Crippen molar-refractivity contribution in [3.8, 4) is 0 Å². The van der Waals surface area contributed by atoms with Crippen LogP contribution in [0.1, 0.15) is 33.5 Å². The van der Waals surface area contributed by atoms with E-state index in [-0.39, 0.29) is 11.7 Å². The average molecular weight is 283 g/mol. The van der Waals surface area contributed by atoms with Gasteiger partial charge in [-0.05, 0) is 66.6 Å². The molecule has 1 aliphatic carbocycles. The maximum absolute atomic E-state index is 13.1. The highest BCUT2D eigenvalue weighted by Crippen LogP contribution is 2.22. The Bertz CT molecular complexity index is 666. The largest absolute Gasteiger partial charge is 0.352 e. The van der Waals surface area contributed by atoms with Crippen LogP contribution < -0.4 is 5.32 Å². The van der Waals surface area contributed by atoms with E-state index in [1.165, 1.54) is 29.7 Å². The number of hydrogen-bond acceptors (Lipinski definition) is 1. The molecule has 0 saturated heterocycles. The van der Waals surface area contributed by atoms with E-state index in [1.807, 2.05) is 18.2 Å². The van der Waals surface area contributed by atoms with E-state index in [0.717, 1.165) is 24.0 Å². The summed E-state index contributed by atoms with van der Waals surface area (Å²) in [4.78, 5) is 12.1. The second-order valence-corrected chi connectivity index (χ2v) is 5.47. The Morgan fingerprint density at radius 2 is 1.95 bits per heavy atom. The molecule has 0 unspecified atom stereocenters. The van der Waals surface area contributed by atoms with E-state index >= 15 is 0 Å². The van der Waals surface area contributed by atoms with Gasteiger partial charge in [-0.3, -0.25) is 4.79 Å².